The lowest BCUT2D eigenvalue weighted by Crippen LogP contribution is -2.38. The van der Waals surface area contributed by atoms with E-state index in [0.717, 1.165) is 68.7 Å². The molecule has 0 bridgehead atoms. The van der Waals surface area contributed by atoms with Gasteiger partial charge in [0.05, 0.1) is 17.3 Å². The number of hydrogen-bond acceptors (Lipinski definition) is 8. The van der Waals surface area contributed by atoms with Crippen molar-refractivity contribution in [2.45, 2.75) is 70.0 Å². The van der Waals surface area contributed by atoms with Gasteiger partial charge in [-0.25, -0.2) is 4.79 Å². The van der Waals surface area contributed by atoms with Gasteiger partial charge in [0.1, 0.15) is 11.9 Å². The molecule has 0 radical (unpaired) electrons. The molecule has 1 aliphatic rings. The summed E-state index contributed by atoms with van der Waals surface area (Å²) >= 11 is 1.64. The Kier molecular flexibility index (Phi) is 12.6. The van der Waals surface area contributed by atoms with Crippen LogP contribution in [-0.4, -0.2) is 65.0 Å². The summed E-state index contributed by atoms with van der Waals surface area (Å²) in [5, 5.41) is 31.7. The quantitative estimate of drug-likeness (QED) is 0.0828. The average molecular weight is 647 g/mol. The Morgan fingerprint density at radius 3 is 2.52 bits per heavy atom. The van der Waals surface area contributed by atoms with E-state index in [1.807, 2.05) is 29.6 Å². The van der Waals surface area contributed by atoms with E-state index in [0.29, 0.717) is 23.0 Å². The number of carbonyl (C=O) groups is 1. The standard InChI is InChI=1S/C36H46N4O5S/c41-32-14-12-29(30-13-15-34(43)39-35(30)32)33(42)24-37-19-8-4-2-1-3-5-9-20-40-21-16-27(17-22-40)45-36(44)38-31-11-7-6-10-28(31)26-18-23-46-25-26/h6-7,10-15,18,23,25,27,33,37,41-42H,1-5,8-9,16-17,19-22,24H2,(H,38,44)(H,39,43)/t33-/m0/s1. The van der Waals surface area contributed by atoms with Crippen molar-refractivity contribution in [3.05, 3.63) is 81.3 Å². The summed E-state index contributed by atoms with van der Waals surface area (Å²) in [7, 11) is 0. The zero-order chi connectivity index (χ0) is 32.1. The second-order valence-electron chi connectivity index (χ2n) is 12.1. The number of phenolic OH excluding ortho intramolecular Hbond substituents is 1. The average Bonchev–Trinajstić information content (AvgIpc) is 3.60. The maximum absolute atomic E-state index is 12.6. The van der Waals surface area contributed by atoms with Gasteiger partial charge in [0.25, 0.3) is 0 Å². The number of thiophene rings is 1. The van der Waals surface area contributed by atoms with Crippen molar-refractivity contribution in [3.63, 3.8) is 0 Å². The molecule has 10 heteroatoms. The number of amides is 1. The van der Waals surface area contributed by atoms with E-state index in [-0.39, 0.29) is 23.5 Å². The third-order valence-electron chi connectivity index (χ3n) is 8.74. The molecule has 1 atom stereocenters. The lowest BCUT2D eigenvalue weighted by atomic mass is 10.0. The molecule has 5 rings (SSSR count). The van der Waals surface area contributed by atoms with Crippen LogP contribution in [0.25, 0.3) is 22.0 Å². The first-order chi connectivity index (χ1) is 22.5. The highest BCUT2D eigenvalue weighted by Gasteiger charge is 2.22. The number of unbranched alkanes of at least 4 members (excludes halogenated alkanes) is 6. The first-order valence-corrected chi connectivity index (χ1v) is 17.5. The summed E-state index contributed by atoms with van der Waals surface area (Å²) in [5.74, 6) is -0.00216. The number of phenols is 1. The van der Waals surface area contributed by atoms with E-state index in [1.54, 1.807) is 23.5 Å². The molecular weight excluding hydrogens is 600 g/mol. The molecule has 4 aromatic rings. The first-order valence-electron chi connectivity index (χ1n) is 16.5. The Balaban J connectivity index is 0.869. The lowest BCUT2D eigenvalue weighted by Gasteiger charge is -2.31. The fourth-order valence-corrected chi connectivity index (χ4v) is 6.83. The van der Waals surface area contributed by atoms with Crippen molar-refractivity contribution in [1.82, 2.24) is 15.2 Å². The number of nitrogens with one attached hydrogen (secondary N) is 3. The number of para-hydroxylation sites is 1. The summed E-state index contributed by atoms with van der Waals surface area (Å²) in [6.45, 7) is 4.29. The first kappa shape index (κ1) is 33.7. The summed E-state index contributed by atoms with van der Waals surface area (Å²) in [5.41, 5.74) is 3.63. The molecule has 1 amide bonds. The minimum atomic E-state index is -0.725. The zero-order valence-electron chi connectivity index (χ0n) is 26.4. The SMILES string of the molecule is O=C(Nc1ccccc1-c1ccsc1)OC1CCN(CCCCCCCCCNC[C@H](O)c2ccc(O)c3[nH]c(=O)ccc23)CC1. The van der Waals surface area contributed by atoms with Gasteiger partial charge in [0, 0.05) is 36.7 Å². The van der Waals surface area contributed by atoms with Crippen LogP contribution in [0.4, 0.5) is 10.5 Å². The van der Waals surface area contributed by atoms with Crippen molar-refractivity contribution >= 4 is 34.0 Å². The minimum absolute atomic E-state index is 0.00216. The van der Waals surface area contributed by atoms with E-state index in [9.17, 15) is 19.8 Å². The van der Waals surface area contributed by atoms with Crippen LogP contribution in [0.3, 0.4) is 0 Å². The molecule has 1 saturated heterocycles. The number of piperidine rings is 1. The smallest absolute Gasteiger partial charge is 0.411 e. The van der Waals surface area contributed by atoms with Crippen LogP contribution >= 0.6 is 11.3 Å². The molecule has 1 aliphatic heterocycles. The van der Waals surface area contributed by atoms with Crippen LogP contribution in [0.5, 0.6) is 5.75 Å². The van der Waals surface area contributed by atoms with E-state index in [4.69, 9.17) is 4.74 Å². The van der Waals surface area contributed by atoms with Gasteiger partial charge < -0.3 is 30.2 Å². The summed E-state index contributed by atoms with van der Waals surface area (Å²) < 4.78 is 5.77. The molecule has 5 N–H and O–H groups in total. The maximum atomic E-state index is 12.6. The monoisotopic (exact) mass is 646 g/mol. The van der Waals surface area contributed by atoms with Gasteiger partial charge in [-0.15, -0.1) is 0 Å². The van der Waals surface area contributed by atoms with E-state index in [1.165, 1.54) is 44.2 Å². The summed E-state index contributed by atoms with van der Waals surface area (Å²) in [6, 6.07) is 16.1. The third-order valence-corrected chi connectivity index (χ3v) is 9.42. The third kappa shape index (κ3) is 9.65. The topological polar surface area (TPSA) is 127 Å². The van der Waals surface area contributed by atoms with Crippen LogP contribution in [-0.2, 0) is 4.74 Å². The number of hydrogen-bond donors (Lipinski definition) is 5. The highest BCUT2D eigenvalue weighted by atomic mass is 32.1. The number of aromatic amines is 1. The fourth-order valence-electron chi connectivity index (χ4n) is 6.17. The van der Waals surface area contributed by atoms with Crippen LogP contribution in [0, 0.1) is 0 Å². The maximum Gasteiger partial charge on any atom is 0.411 e. The number of aromatic hydroxyl groups is 1. The Labute approximate surface area is 274 Å². The van der Waals surface area contributed by atoms with Crippen LogP contribution in [0.15, 0.2) is 70.2 Å². The molecule has 246 valence electrons. The summed E-state index contributed by atoms with van der Waals surface area (Å²) in [6.07, 6.45) is 8.95. The highest BCUT2D eigenvalue weighted by Crippen LogP contribution is 2.30. The van der Waals surface area contributed by atoms with Crippen LogP contribution in [0.2, 0.25) is 0 Å². The predicted molar refractivity (Wildman–Crippen MR) is 186 cm³/mol. The van der Waals surface area contributed by atoms with Crippen molar-refractivity contribution in [3.8, 4) is 16.9 Å². The fraction of sp³-hybridized carbons (Fsp3) is 0.444. The molecule has 2 aromatic heterocycles. The molecule has 1 fully saturated rings. The number of fused-ring (bicyclic) bond motifs is 1. The van der Waals surface area contributed by atoms with E-state index >= 15 is 0 Å². The Bertz CT molecular complexity index is 1580. The Morgan fingerprint density at radius 2 is 1.74 bits per heavy atom. The normalized spacial score (nSPS) is 14.8. The van der Waals surface area contributed by atoms with Crippen molar-refractivity contribution in [1.29, 1.82) is 0 Å². The highest BCUT2D eigenvalue weighted by molar-refractivity contribution is 7.08. The van der Waals surface area contributed by atoms with Gasteiger partial charge >= 0.3 is 6.09 Å². The molecule has 3 heterocycles. The minimum Gasteiger partial charge on any atom is -0.506 e. The molecular formula is C36H46N4O5S. The lowest BCUT2D eigenvalue weighted by molar-refractivity contribution is 0.0584. The predicted octanol–water partition coefficient (Wildman–Crippen LogP) is 7.03. The van der Waals surface area contributed by atoms with E-state index in [2.05, 4.69) is 32.0 Å². The molecule has 0 unspecified atom stereocenters. The largest absolute Gasteiger partial charge is 0.506 e. The van der Waals surface area contributed by atoms with Gasteiger partial charge in [0.15, 0.2) is 0 Å². The number of aliphatic hydroxyl groups excluding tert-OH is 1. The number of nitrogens with zero attached hydrogens (tertiary/aromatic N) is 1. The number of rotatable bonds is 16. The second-order valence-corrected chi connectivity index (χ2v) is 12.9. The molecule has 46 heavy (non-hydrogen) atoms. The Hall–Kier alpha value is -3.70. The van der Waals surface area contributed by atoms with Gasteiger partial charge in [-0.1, -0.05) is 56.4 Å². The number of aromatic nitrogens is 1. The van der Waals surface area contributed by atoms with Crippen LogP contribution < -0.4 is 16.2 Å². The van der Waals surface area contributed by atoms with Crippen molar-refractivity contribution in [2.75, 3.05) is 38.0 Å². The number of pyridine rings is 1. The molecule has 0 saturated carbocycles. The molecule has 0 aliphatic carbocycles. The molecule has 9 nitrogen and oxygen atoms in total. The van der Waals surface area contributed by atoms with Crippen molar-refractivity contribution in [2.24, 2.45) is 0 Å². The second kappa shape index (κ2) is 17.3. The number of ether oxygens (including phenoxy) is 1. The van der Waals surface area contributed by atoms with E-state index < -0.39 is 6.10 Å². The number of aliphatic hydroxyl groups is 1. The molecule has 2 aromatic carbocycles. The zero-order valence-corrected chi connectivity index (χ0v) is 27.2. The number of anilines is 1. The van der Waals surface area contributed by atoms with Crippen LogP contribution in [0.1, 0.15) is 69.5 Å². The Morgan fingerprint density at radius 1 is 0.978 bits per heavy atom. The number of likely N-dealkylation sites (tertiary alicyclic amines) is 1. The van der Waals surface area contributed by atoms with Gasteiger partial charge in [-0.05, 0) is 84.9 Å². The van der Waals surface area contributed by atoms with Gasteiger partial charge in [0.2, 0.25) is 5.56 Å². The van der Waals surface area contributed by atoms with Gasteiger partial charge in [-0.2, -0.15) is 11.3 Å². The molecule has 0 spiro atoms. The number of benzene rings is 2. The van der Waals surface area contributed by atoms with Crippen molar-refractivity contribution < 1.29 is 19.7 Å². The summed E-state index contributed by atoms with van der Waals surface area (Å²) in [4.78, 5) is 29.4. The number of H-pyrrole nitrogens is 1. The number of carbonyl (C=O) groups excluding carboxylic acids is 1. The van der Waals surface area contributed by atoms with Gasteiger partial charge in [-0.3, -0.25) is 10.1 Å².